The fourth-order valence-corrected chi connectivity index (χ4v) is 4.09. The van der Waals surface area contributed by atoms with E-state index in [1.165, 1.54) is 4.90 Å². The molecule has 7 heteroatoms. The molecular weight excluding hydrogens is 337 g/mol. The Bertz CT molecular complexity index is 786. The van der Waals surface area contributed by atoms with E-state index in [9.17, 15) is 14.4 Å². The number of nitrogens with one attached hydrogen (secondary N) is 1. The van der Waals surface area contributed by atoms with Crippen LogP contribution in [0.5, 0.6) is 0 Å². The lowest BCUT2D eigenvalue weighted by Crippen LogP contribution is -2.52. The van der Waals surface area contributed by atoms with Crippen molar-refractivity contribution >= 4 is 23.4 Å². The van der Waals surface area contributed by atoms with Gasteiger partial charge < -0.3 is 9.80 Å². The van der Waals surface area contributed by atoms with Crippen LogP contribution in [-0.4, -0.2) is 41.8 Å². The van der Waals surface area contributed by atoms with E-state index in [0.717, 1.165) is 25.9 Å². The predicted octanol–water partition coefficient (Wildman–Crippen LogP) is 1.82. The lowest BCUT2D eigenvalue weighted by Gasteiger charge is -2.32. The fourth-order valence-electron chi connectivity index (χ4n) is 4.09. The minimum Gasteiger partial charge on any atom is -0.369 e. The highest BCUT2D eigenvalue weighted by molar-refractivity contribution is 6.05. The van der Waals surface area contributed by atoms with Crippen molar-refractivity contribution < 1.29 is 18.8 Å². The Kier molecular flexibility index (Phi) is 4.17. The van der Waals surface area contributed by atoms with Crippen LogP contribution in [0.25, 0.3) is 0 Å². The van der Waals surface area contributed by atoms with E-state index in [2.05, 4.69) is 12.2 Å². The number of carbonyl (C=O) groups excluding carboxylic acids is 3. The predicted molar refractivity (Wildman–Crippen MR) is 93.1 cm³/mol. The van der Waals surface area contributed by atoms with Crippen molar-refractivity contribution in [1.29, 1.82) is 0 Å². The Morgan fingerprint density at radius 2 is 1.85 bits per heavy atom. The van der Waals surface area contributed by atoms with Crippen molar-refractivity contribution in [3.8, 4) is 0 Å². The van der Waals surface area contributed by atoms with Crippen LogP contribution < -0.4 is 10.2 Å². The number of hydrogen-bond donors (Lipinski definition) is 1. The summed E-state index contributed by atoms with van der Waals surface area (Å²) < 4.78 is 15.2. The van der Waals surface area contributed by atoms with Crippen molar-refractivity contribution in [2.45, 2.75) is 45.2 Å². The van der Waals surface area contributed by atoms with Crippen molar-refractivity contribution in [3.63, 3.8) is 0 Å². The average Bonchev–Trinajstić information content (AvgIpc) is 2.94. The van der Waals surface area contributed by atoms with Gasteiger partial charge in [0, 0.05) is 30.6 Å². The number of rotatable bonds is 2. The summed E-state index contributed by atoms with van der Waals surface area (Å²) in [5, 5.41) is 2.26. The highest BCUT2D eigenvalue weighted by Gasteiger charge is 2.40. The maximum Gasteiger partial charge on any atom is 0.255 e. The smallest absolute Gasteiger partial charge is 0.255 e. The van der Waals surface area contributed by atoms with E-state index >= 15 is 4.39 Å². The van der Waals surface area contributed by atoms with Gasteiger partial charge in [0.05, 0.1) is 12.2 Å². The lowest BCUT2D eigenvalue weighted by molar-refractivity contribution is -0.136. The number of halogens is 1. The van der Waals surface area contributed by atoms with Gasteiger partial charge in [-0.2, -0.15) is 0 Å². The second-order valence-corrected chi connectivity index (χ2v) is 7.49. The minimum absolute atomic E-state index is 0.0738. The third-order valence-electron chi connectivity index (χ3n) is 5.75. The molecule has 1 unspecified atom stereocenters. The molecule has 26 heavy (non-hydrogen) atoms. The first-order chi connectivity index (χ1) is 12.5. The summed E-state index contributed by atoms with van der Waals surface area (Å²) in [5.41, 5.74) is 1.21. The van der Waals surface area contributed by atoms with Crippen molar-refractivity contribution in [3.05, 3.63) is 29.1 Å². The van der Waals surface area contributed by atoms with Crippen LogP contribution in [0.4, 0.5) is 10.1 Å². The van der Waals surface area contributed by atoms with E-state index in [0.29, 0.717) is 22.7 Å². The van der Waals surface area contributed by atoms with E-state index < -0.39 is 11.9 Å². The number of amides is 3. The Balaban J connectivity index is 1.59. The molecule has 1 aromatic rings. The molecule has 3 aliphatic rings. The van der Waals surface area contributed by atoms with Crippen LogP contribution in [-0.2, 0) is 16.1 Å². The Morgan fingerprint density at radius 1 is 1.12 bits per heavy atom. The summed E-state index contributed by atoms with van der Waals surface area (Å²) in [6.07, 6.45) is 2.52. The van der Waals surface area contributed by atoms with Gasteiger partial charge in [0.15, 0.2) is 5.82 Å². The first-order valence-electron chi connectivity index (χ1n) is 9.16. The van der Waals surface area contributed by atoms with Crippen LogP contribution in [0.2, 0.25) is 0 Å². The highest BCUT2D eigenvalue weighted by atomic mass is 19.1. The molecule has 138 valence electrons. The summed E-state index contributed by atoms with van der Waals surface area (Å²) in [6, 6.07) is 2.63. The van der Waals surface area contributed by atoms with Crippen molar-refractivity contribution in [2.75, 3.05) is 18.0 Å². The second-order valence-electron chi connectivity index (χ2n) is 7.49. The maximum atomic E-state index is 15.2. The Morgan fingerprint density at radius 3 is 2.54 bits per heavy atom. The van der Waals surface area contributed by atoms with Crippen molar-refractivity contribution in [2.24, 2.45) is 5.92 Å². The fraction of sp³-hybridized carbons (Fsp3) is 0.526. The molecule has 2 fully saturated rings. The molecule has 1 aromatic carbocycles. The zero-order chi connectivity index (χ0) is 18.4. The summed E-state index contributed by atoms with van der Waals surface area (Å²) in [7, 11) is 0. The third kappa shape index (κ3) is 2.75. The molecule has 3 aliphatic heterocycles. The van der Waals surface area contributed by atoms with Gasteiger partial charge in [-0.15, -0.1) is 0 Å². The van der Waals surface area contributed by atoms with Crippen molar-refractivity contribution in [1.82, 2.24) is 10.2 Å². The van der Waals surface area contributed by atoms with Gasteiger partial charge in [-0.3, -0.25) is 19.7 Å². The molecule has 2 saturated heterocycles. The lowest BCUT2D eigenvalue weighted by atomic mass is 9.98. The molecule has 0 radical (unpaired) electrons. The zero-order valence-electron chi connectivity index (χ0n) is 14.8. The molecule has 1 atom stereocenters. The SMILES string of the molecule is CC1CCN(c2ccc3c(c2F)CN(C2CCC(=O)NC2=O)C3=O)CC1. The van der Waals surface area contributed by atoms with Crippen LogP contribution in [0.15, 0.2) is 12.1 Å². The summed E-state index contributed by atoms with van der Waals surface area (Å²) >= 11 is 0. The van der Waals surface area contributed by atoms with Crippen LogP contribution in [0.1, 0.15) is 48.5 Å². The van der Waals surface area contributed by atoms with Gasteiger partial charge in [0.2, 0.25) is 11.8 Å². The second kappa shape index (κ2) is 6.37. The average molecular weight is 359 g/mol. The van der Waals surface area contributed by atoms with Gasteiger partial charge in [-0.25, -0.2) is 4.39 Å². The first kappa shape index (κ1) is 17.0. The molecule has 0 spiro atoms. The highest BCUT2D eigenvalue weighted by Crippen LogP contribution is 2.35. The monoisotopic (exact) mass is 359 g/mol. The summed E-state index contributed by atoms with van der Waals surface area (Å²) in [6.45, 7) is 3.89. The van der Waals surface area contributed by atoms with E-state index in [-0.39, 0.29) is 37.0 Å². The molecule has 0 saturated carbocycles. The van der Waals surface area contributed by atoms with Gasteiger partial charge in [-0.05, 0) is 37.3 Å². The Hall–Kier alpha value is -2.44. The standard InChI is InChI=1S/C19H22FN3O3/c1-11-6-8-22(9-7-11)14-3-2-12-13(17(14)20)10-23(19(12)26)15-4-5-16(24)21-18(15)25/h2-3,11,15H,4-10H2,1H3,(H,21,24,25). The van der Waals surface area contributed by atoms with Crippen LogP contribution >= 0.6 is 0 Å². The molecule has 0 bridgehead atoms. The minimum atomic E-state index is -0.716. The molecule has 6 nitrogen and oxygen atoms in total. The molecule has 1 N–H and O–H groups in total. The molecule has 0 aliphatic carbocycles. The van der Waals surface area contributed by atoms with Gasteiger partial charge in [0.25, 0.3) is 5.91 Å². The summed E-state index contributed by atoms with van der Waals surface area (Å²) in [4.78, 5) is 39.5. The first-order valence-corrected chi connectivity index (χ1v) is 9.16. The van der Waals surface area contributed by atoms with Gasteiger partial charge in [0.1, 0.15) is 6.04 Å². The number of piperidine rings is 2. The van der Waals surface area contributed by atoms with Crippen LogP contribution in [0, 0.1) is 11.7 Å². The topological polar surface area (TPSA) is 69.7 Å². The quantitative estimate of drug-likeness (QED) is 0.818. The molecule has 3 heterocycles. The van der Waals surface area contributed by atoms with Crippen LogP contribution in [0.3, 0.4) is 0 Å². The van der Waals surface area contributed by atoms with E-state index in [4.69, 9.17) is 0 Å². The molecule has 4 rings (SSSR count). The third-order valence-corrected chi connectivity index (χ3v) is 5.75. The molecular formula is C19H22FN3O3. The van der Waals surface area contributed by atoms with Gasteiger partial charge in [-0.1, -0.05) is 6.92 Å². The number of carbonyl (C=O) groups is 3. The zero-order valence-corrected chi connectivity index (χ0v) is 14.8. The number of imide groups is 1. The molecule has 0 aromatic heterocycles. The largest absolute Gasteiger partial charge is 0.369 e. The van der Waals surface area contributed by atoms with Gasteiger partial charge >= 0.3 is 0 Å². The number of nitrogens with zero attached hydrogens (tertiary/aromatic N) is 2. The number of benzene rings is 1. The number of fused-ring (bicyclic) bond motifs is 1. The number of anilines is 1. The number of hydrogen-bond acceptors (Lipinski definition) is 4. The van der Waals surface area contributed by atoms with E-state index in [1.807, 2.05) is 4.90 Å². The molecule has 3 amide bonds. The Labute approximate surface area is 151 Å². The van der Waals surface area contributed by atoms with E-state index in [1.54, 1.807) is 12.1 Å². The summed E-state index contributed by atoms with van der Waals surface area (Å²) in [5.74, 6) is -0.864. The maximum absolute atomic E-state index is 15.2. The normalized spacial score (nSPS) is 24.1.